The number of piperazine rings is 2. The van der Waals surface area contributed by atoms with Crippen LogP contribution in [-0.2, 0) is 34.4 Å². The van der Waals surface area contributed by atoms with Crippen LogP contribution in [0.4, 0.5) is 25.4 Å². The van der Waals surface area contributed by atoms with E-state index in [9.17, 15) is 29.1 Å². The Balaban J connectivity index is 0.678. The number of hydrogen-bond donors (Lipinski definition) is 3. The largest absolute Gasteiger partial charge is 0.487 e. The summed E-state index contributed by atoms with van der Waals surface area (Å²) in [5.74, 6) is -5.25. The van der Waals surface area contributed by atoms with Crippen molar-refractivity contribution in [2.45, 2.75) is 70.5 Å². The minimum Gasteiger partial charge on any atom is -0.487 e. The number of benzene rings is 4. The number of halogens is 2. The summed E-state index contributed by atoms with van der Waals surface area (Å²) in [6, 6.07) is 27.4. The van der Waals surface area contributed by atoms with Gasteiger partial charge >= 0.3 is 5.97 Å². The van der Waals surface area contributed by atoms with Crippen LogP contribution in [0.25, 0.3) is 32.2 Å². The van der Waals surface area contributed by atoms with Gasteiger partial charge in [0.25, 0.3) is 11.8 Å². The van der Waals surface area contributed by atoms with Crippen LogP contribution in [0.2, 0.25) is 0 Å². The van der Waals surface area contributed by atoms with E-state index in [-0.39, 0.29) is 60.1 Å². The van der Waals surface area contributed by atoms with Crippen LogP contribution in [0, 0.1) is 6.92 Å². The number of nitrogens with one attached hydrogen (secondary N) is 2. The molecule has 410 valence electrons. The lowest BCUT2D eigenvalue weighted by Gasteiger charge is -2.45. The van der Waals surface area contributed by atoms with Crippen molar-refractivity contribution < 1.29 is 42.6 Å². The van der Waals surface area contributed by atoms with Crippen molar-refractivity contribution in [3.05, 3.63) is 125 Å². The zero-order chi connectivity index (χ0) is 55.3. The highest BCUT2D eigenvalue weighted by Gasteiger charge is 2.39. The van der Waals surface area contributed by atoms with E-state index in [0.29, 0.717) is 104 Å². The summed E-state index contributed by atoms with van der Waals surface area (Å²) in [4.78, 5) is 83.7. The van der Waals surface area contributed by atoms with Crippen molar-refractivity contribution in [3.8, 4) is 16.9 Å². The van der Waals surface area contributed by atoms with E-state index in [0.717, 1.165) is 37.9 Å². The van der Waals surface area contributed by atoms with Crippen molar-refractivity contribution in [1.29, 1.82) is 0 Å². The number of alkyl halides is 2. The Morgan fingerprint density at radius 2 is 1.65 bits per heavy atom. The van der Waals surface area contributed by atoms with Crippen LogP contribution in [0.5, 0.6) is 5.75 Å². The Morgan fingerprint density at radius 1 is 0.873 bits per heavy atom. The number of anilines is 3. The molecular formula is C58H61F2N11O7S. The molecule has 11 rings (SSSR count). The molecule has 3 aromatic heterocycles. The molecule has 3 N–H and O–H groups in total. The second-order valence-electron chi connectivity index (χ2n) is 21.1. The molecule has 18 nitrogen and oxygen atoms in total. The number of carboxylic acid groups (broad SMARTS) is 1. The first-order valence-electron chi connectivity index (χ1n) is 26.7. The monoisotopic (exact) mass is 1090 g/mol. The Morgan fingerprint density at radius 3 is 2.41 bits per heavy atom. The SMILES string of the molecule is Cc1c(OCC(F)(F)CN2C[C@@H](C)N(CC(=O)N3CCN(c4ccc5c(C6CCC(=O)NC6=O)nn(C)c5c4)CC3)[C@@H](C)C2)cccc1-c1ccc(N2CCc3cccc(C(=O)Nc4nc5ccccc5s4)c3C2)nc1C(=O)O. The Kier molecular flexibility index (Phi) is 14.6. The lowest BCUT2D eigenvalue weighted by molar-refractivity contribution is -0.136. The Hall–Kier alpha value is -7.88. The number of carbonyl (C=O) groups excluding carboxylic acids is 4. The fraction of sp³-hybridized carbons (Fsp3) is 0.379. The zero-order valence-corrected chi connectivity index (χ0v) is 45.2. The highest BCUT2D eigenvalue weighted by molar-refractivity contribution is 7.22. The summed E-state index contributed by atoms with van der Waals surface area (Å²) in [5, 5.41) is 21.9. The van der Waals surface area contributed by atoms with Crippen molar-refractivity contribution in [3.63, 3.8) is 0 Å². The van der Waals surface area contributed by atoms with Gasteiger partial charge in [-0.25, -0.2) is 23.5 Å². The van der Waals surface area contributed by atoms with E-state index in [1.165, 1.54) is 11.3 Å². The number of thiazole rings is 1. The molecule has 21 heteroatoms. The molecule has 3 saturated heterocycles. The summed E-state index contributed by atoms with van der Waals surface area (Å²) >= 11 is 1.39. The molecule has 0 radical (unpaired) electrons. The number of amides is 4. The quantitative estimate of drug-likeness (QED) is 0.0914. The zero-order valence-electron chi connectivity index (χ0n) is 44.4. The molecule has 7 heterocycles. The number of piperidine rings is 1. The van der Waals surface area contributed by atoms with Gasteiger partial charge in [0.2, 0.25) is 17.7 Å². The van der Waals surface area contributed by atoms with E-state index >= 15 is 8.78 Å². The second kappa shape index (κ2) is 21.7. The molecule has 0 spiro atoms. The molecule has 7 aromatic rings. The molecular weight excluding hydrogens is 1030 g/mol. The summed E-state index contributed by atoms with van der Waals surface area (Å²) < 4.78 is 40.4. The Bertz CT molecular complexity index is 3500. The van der Waals surface area contributed by atoms with Gasteiger partial charge in [-0.3, -0.25) is 44.3 Å². The van der Waals surface area contributed by atoms with Gasteiger partial charge in [0.1, 0.15) is 11.6 Å². The number of imide groups is 1. The molecule has 0 aliphatic carbocycles. The van der Waals surface area contributed by atoms with Crippen LogP contribution in [0.15, 0.2) is 91.0 Å². The van der Waals surface area contributed by atoms with Gasteiger partial charge in [0, 0.05) is 100 Å². The third kappa shape index (κ3) is 11.0. The number of fused-ring (bicyclic) bond motifs is 3. The second-order valence-corrected chi connectivity index (χ2v) is 22.2. The number of aryl methyl sites for hydroxylation is 1. The third-order valence-corrected chi connectivity index (χ3v) is 16.8. The summed E-state index contributed by atoms with van der Waals surface area (Å²) in [7, 11) is 1.84. The maximum atomic E-state index is 15.9. The first-order chi connectivity index (χ1) is 38.0. The molecule has 0 saturated carbocycles. The van der Waals surface area contributed by atoms with Crippen LogP contribution in [-0.4, -0.2) is 153 Å². The van der Waals surface area contributed by atoms with Gasteiger partial charge < -0.3 is 24.5 Å². The van der Waals surface area contributed by atoms with E-state index in [1.54, 1.807) is 52.9 Å². The number of carbonyl (C=O) groups is 5. The molecule has 79 heavy (non-hydrogen) atoms. The van der Waals surface area contributed by atoms with E-state index in [2.05, 4.69) is 35.5 Å². The number of aromatic nitrogens is 4. The summed E-state index contributed by atoms with van der Waals surface area (Å²) in [6.45, 7) is 8.19. The van der Waals surface area contributed by atoms with E-state index in [1.807, 2.05) is 85.3 Å². The summed E-state index contributed by atoms with van der Waals surface area (Å²) in [6.07, 6.45) is 1.30. The van der Waals surface area contributed by atoms with Gasteiger partial charge in [-0.2, -0.15) is 5.10 Å². The maximum Gasteiger partial charge on any atom is 0.355 e. The maximum absolute atomic E-state index is 15.9. The summed E-state index contributed by atoms with van der Waals surface area (Å²) in [5.41, 5.74) is 6.73. The topological polar surface area (TPSA) is 199 Å². The minimum absolute atomic E-state index is 0.00631. The number of rotatable bonds is 14. The number of aromatic carboxylic acids is 1. The highest BCUT2D eigenvalue weighted by Crippen LogP contribution is 2.37. The first kappa shape index (κ1) is 53.1. The first-order valence-corrected chi connectivity index (χ1v) is 27.5. The molecule has 1 unspecified atom stereocenters. The fourth-order valence-electron chi connectivity index (χ4n) is 11.8. The predicted octanol–water partition coefficient (Wildman–Crippen LogP) is 7.34. The molecule has 4 amide bonds. The lowest BCUT2D eigenvalue weighted by Crippen LogP contribution is -2.61. The number of carboxylic acids is 1. The minimum atomic E-state index is -3.24. The highest BCUT2D eigenvalue weighted by atomic mass is 32.1. The van der Waals surface area contributed by atoms with Gasteiger partial charge in [0.15, 0.2) is 17.4 Å². The smallest absolute Gasteiger partial charge is 0.355 e. The Labute approximate surface area is 458 Å². The van der Waals surface area contributed by atoms with Crippen molar-refractivity contribution >= 4 is 78.7 Å². The van der Waals surface area contributed by atoms with Crippen molar-refractivity contribution in [2.24, 2.45) is 7.05 Å². The number of pyridine rings is 1. The average molecular weight is 1090 g/mol. The van der Waals surface area contributed by atoms with Crippen molar-refractivity contribution in [2.75, 3.05) is 80.6 Å². The molecule has 3 fully saturated rings. The molecule has 0 bridgehead atoms. The molecule has 4 aliphatic rings. The lowest BCUT2D eigenvalue weighted by atomic mass is 9.93. The number of nitrogens with zero attached hydrogens (tertiary/aromatic N) is 9. The normalized spacial score (nSPS) is 19.4. The van der Waals surface area contributed by atoms with E-state index in [4.69, 9.17) is 4.74 Å². The molecule has 4 aliphatic heterocycles. The van der Waals surface area contributed by atoms with Crippen LogP contribution < -0.4 is 25.2 Å². The van der Waals surface area contributed by atoms with Crippen LogP contribution >= 0.6 is 11.3 Å². The average Bonchev–Trinajstić information content (AvgIpc) is 4.13. The molecule has 3 atom stereocenters. The number of ether oxygens (including phenoxy) is 1. The van der Waals surface area contributed by atoms with Gasteiger partial charge in [-0.15, -0.1) is 0 Å². The van der Waals surface area contributed by atoms with E-state index < -0.39 is 31.0 Å². The third-order valence-electron chi connectivity index (χ3n) is 15.8. The molecule has 4 aromatic carbocycles. The van der Waals surface area contributed by atoms with Crippen LogP contribution in [0.1, 0.15) is 75.8 Å². The standard InChI is InChI=1S/C58H61F2N11O7S/c1-34-28-67(29-35(2)71(34)31-51(73)69-25-23-68(24-26-69)38-15-16-42-46(27-38)66(4)65-52(42)43-18-20-50(72)63-55(43)75)32-58(59,60)33-78-47-13-8-10-39(36(47)3)40-17-19-49(62-53(40)56(76)77)70-22-21-37-9-7-11-41(44(37)30-70)54(74)64-57-61-45-12-5-6-14-48(45)79-57/h5-17,19,27,34-35,43H,18,20-26,28-33H2,1-4H3,(H,76,77)(H,61,64,74)(H,63,72,75)/t34-,35+,43?. The van der Waals surface area contributed by atoms with Crippen LogP contribution in [0.3, 0.4) is 0 Å². The number of para-hydroxylation sites is 1. The van der Waals surface area contributed by atoms with Gasteiger partial charge in [-0.1, -0.05) is 47.7 Å². The number of hydrogen-bond acceptors (Lipinski definition) is 14. The predicted molar refractivity (Wildman–Crippen MR) is 297 cm³/mol. The fourth-order valence-corrected chi connectivity index (χ4v) is 12.6. The van der Waals surface area contributed by atoms with Gasteiger partial charge in [0.05, 0.1) is 40.4 Å². The van der Waals surface area contributed by atoms with Gasteiger partial charge in [-0.05, 0) is 110 Å². The van der Waals surface area contributed by atoms with Crippen molar-refractivity contribution in [1.82, 2.24) is 39.8 Å².